The number of aromatic nitrogens is 3. The maximum absolute atomic E-state index is 12.9. The van der Waals surface area contributed by atoms with Gasteiger partial charge in [-0.3, -0.25) is 14.9 Å². The number of pyridine rings is 1. The van der Waals surface area contributed by atoms with E-state index in [4.69, 9.17) is 11.0 Å². The SMILES string of the molecule is C=C(C#N)CN1Cc2c(-c3ccc4[nH]nc(-c5ccccn5)c4c3)ccc(N)c2C1=O. The number of fused-ring (bicyclic) bond motifs is 2. The van der Waals surface area contributed by atoms with Crippen molar-refractivity contribution in [2.45, 2.75) is 6.54 Å². The number of nitrogen functional groups attached to an aromatic ring is 1. The largest absolute Gasteiger partial charge is 0.398 e. The molecule has 2 aromatic carbocycles. The van der Waals surface area contributed by atoms with Gasteiger partial charge in [-0.05, 0) is 47.0 Å². The van der Waals surface area contributed by atoms with Crippen molar-refractivity contribution >= 4 is 22.5 Å². The van der Waals surface area contributed by atoms with Crippen molar-refractivity contribution in [3.8, 4) is 28.6 Å². The van der Waals surface area contributed by atoms with Gasteiger partial charge in [-0.1, -0.05) is 24.8 Å². The molecule has 0 bridgehead atoms. The van der Waals surface area contributed by atoms with E-state index in [-0.39, 0.29) is 12.5 Å². The summed E-state index contributed by atoms with van der Waals surface area (Å²) < 4.78 is 0. The number of carbonyl (C=O) groups excluding carboxylic acids is 1. The molecule has 1 amide bonds. The first-order valence-electron chi connectivity index (χ1n) is 9.75. The van der Waals surface area contributed by atoms with E-state index in [9.17, 15) is 4.79 Å². The van der Waals surface area contributed by atoms with Crippen LogP contribution in [0.2, 0.25) is 0 Å². The van der Waals surface area contributed by atoms with Gasteiger partial charge >= 0.3 is 0 Å². The number of hydrogen-bond donors (Lipinski definition) is 2. The van der Waals surface area contributed by atoms with Crippen molar-refractivity contribution in [2.75, 3.05) is 12.3 Å². The number of amides is 1. The lowest BCUT2D eigenvalue weighted by molar-refractivity contribution is 0.0794. The number of nitrogens with two attached hydrogens (primary N) is 1. The van der Waals surface area contributed by atoms with Gasteiger partial charge in [0.15, 0.2) is 0 Å². The normalized spacial score (nSPS) is 12.7. The summed E-state index contributed by atoms with van der Waals surface area (Å²) in [4.78, 5) is 19.0. The standard InChI is InChI=1S/C24H18N6O/c1-14(11-25)12-30-13-18-16(6-7-19(26)22(18)24(30)31)15-5-8-20-17(10-15)23(29-28-20)21-4-2-3-9-27-21/h2-10H,1,12-13,26H2,(H,28,29). The lowest BCUT2D eigenvalue weighted by atomic mass is 9.94. The summed E-state index contributed by atoms with van der Waals surface area (Å²) in [7, 11) is 0. The highest BCUT2D eigenvalue weighted by atomic mass is 16.2. The first kappa shape index (κ1) is 18.6. The van der Waals surface area contributed by atoms with Crippen LogP contribution in [-0.2, 0) is 6.54 Å². The fourth-order valence-electron chi connectivity index (χ4n) is 4.05. The third-order valence-corrected chi connectivity index (χ3v) is 5.52. The number of nitrogens with zero attached hydrogens (tertiary/aromatic N) is 4. The predicted octanol–water partition coefficient (Wildman–Crippen LogP) is 3.91. The molecule has 1 aliphatic heterocycles. The first-order chi connectivity index (χ1) is 15.1. The second-order valence-electron chi connectivity index (χ2n) is 7.48. The van der Waals surface area contributed by atoms with Gasteiger partial charge in [0, 0.05) is 29.4 Å². The van der Waals surface area contributed by atoms with Gasteiger partial charge in [0.1, 0.15) is 5.69 Å². The number of carbonyl (C=O) groups is 1. The number of aromatic amines is 1. The van der Waals surface area contributed by atoms with Crippen molar-refractivity contribution < 1.29 is 4.79 Å². The number of anilines is 1. The number of nitriles is 1. The maximum atomic E-state index is 12.9. The summed E-state index contributed by atoms with van der Waals surface area (Å²) in [5.74, 6) is -0.177. The number of rotatable bonds is 4. The summed E-state index contributed by atoms with van der Waals surface area (Å²) >= 11 is 0. The fraction of sp³-hybridized carbons (Fsp3) is 0.0833. The summed E-state index contributed by atoms with van der Waals surface area (Å²) in [6.45, 7) is 4.27. The maximum Gasteiger partial charge on any atom is 0.256 e. The average Bonchev–Trinajstić information content (AvgIpc) is 3.36. The minimum absolute atomic E-state index is 0.177. The van der Waals surface area contributed by atoms with Crippen LogP contribution in [0.25, 0.3) is 33.4 Å². The molecule has 3 heterocycles. The smallest absolute Gasteiger partial charge is 0.256 e. The molecule has 150 valence electrons. The van der Waals surface area contributed by atoms with Crippen molar-refractivity contribution in [3.05, 3.63) is 78.0 Å². The molecule has 0 aliphatic carbocycles. The first-order valence-corrected chi connectivity index (χ1v) is 9.75. The van der Waals surface area contributed by atoms with E-state index in [0.717, 1.165) is 39.0 Å². The highest BCUT2D eigenvalue weighted by molar-refractivity contribution is 6.06. The molecule has 0 radical (unpaired) electrons. The van der Waals surface area contributed by atoms with Gasteiger partial charge < -0.3 is 10.6 Å². The predicted molar refractivity (Wildman–Crippen MR) is 119 cm³/mol. The lowest BCUT2D eigenvalue weighted by Gasteiger charge is -2.14. The van der Waals surface area contributed by atoms with Crippen molar-refractivity contribution in [1.29, 1.82) is 5.26 Å². The van der Waals surface area contributed by atoms with Gasteiger partial charge in [-0.2, -0.15) is 10.4 Å². The number of benzene rings is 2. The van der Waals surface area contributed by atoms with Crippen LogP contribution in [0.1, 0.15) is 15.9 Å². The van der Waals surface area contributed by atoms with E-state index in [1.807, 2.05) is 42.5 Å². The molecule has 0 saturated heterocycles. The molecule has 7 heteroatoms. The number of hydrogen-bond acceptors (Lipinski definition) is 5. The fourth-order valence-corrected chi connectivity index (χ4v) is 4.05. The molecule has 0 spiro atoms. The Morgan fingerprint density at radius 1 is 1.26 bits per heavy atom. The highest BCUT2D eigenvalue weighted by Crippen LogP contribution is 2.38. The molecule has 0 atom stereocenters. The molecular formula is C24H18N6O. The van der Waals surface area contributed by atoms with Crippen LogP contribution >= 0.6 is 0 Å². The Hall–Kier alpha value is -4.44. The highest BCUT2D eigenvalue weighted by Gasteiger charge is 2.32. The van der Waals surface area contributed by atoms with Crippen LogP contribution in [0, 0.1) is 11.3 Å². The molecule has 0 saturated carbocycles. The molecule has 0 fully saturated rings. The summed E-state index contributed by atoms with van der Waals surface area (Å²) in [6.07, 6.45) is 1.74. The third-order valence-electron chi connectivity index (χ3n) is 5.52. The monoisotopic (exact) mass is 406 g/mol. The van der Waals surface area contributed by atoms with E-state index in [2.05, 4.69) is 27.8 Å². The van der Waals surface area contributed by atoms with Crippen molar-refractivity contribution in [3.63, 3.8) is 0 Å². The molecule has 4 aromatic rings. The molecule has 7 nitrogen and oxygen atoms in total. The molecular weight excluding hydrogens is 388 g/mol. The Balaban J connectivity index is 1.62. The molecule has 0 unspecified atom stereocenters. The summed E-state index contributed by atoms with van der Waals surface area (Å²) in [5, 5.41) is 17.5. The summed E-state index contributed by atoms with van der Waals surface area (Å²) in [5.41, 5.74) is 12.6. The van der Waals surface area contributed by atoms with E-state index >= 15 is 0 Å². The van der Waals surface area contributed by atoms with Gasteiger partial charge in [-0.15, -0.1) is 0 Å². The van der Waals surface area contributed by atoms with Crippen molar-refractivity contribution in [1.82, 2.24) is 20.1 Å². The zero-order valence-corrected chi connectivity index (χ0v) is 16.6. The van der Waals surface area contributed by atoms with E-state index in [1.165, 1.54) is 0 Å². The minimum atomic E-state index is -0.177. The number of H-pyrrole nitrogens is 1. The van der Waals surface area contributed by atoms with Crippen molar-refractivity contribution in [2.24, 2.45) is 0 Å². The van der Waals surface area contributed by atoms with Gasteiger partial charge in [-0.25, -0.2) is 0 Å². The van der Waals surface area contributed by atoms with E-state index in [0.29, 0.717) is 23.4 Å². The molecule has 3 N–H and O–H groups in total. The minimum Gasteiger partial charge on any atom is -0.398 e. The zero-order valence-electron chi connectivity index (χ0n) is 16.6. The van der Waals surface area contributed by atoms with Crippen LogP contribution < -0.4 is 5.73 Å². The topological polar surface area (TPSA) is 112 Å². The van der Waals surface area contributed by atoms with Gasteiger partial charge in [0.2, 0.25) is 0 Å². The van der Waals surface area contributed by atoms with E-state index < -0.39 is 0 Å². The van der Waals surface area contributed by atoms with Crippen LogP contribution in [0.3, 0.4) is 0 Å². The summed E-state index contributed by atoms with van der Waals surface area (Å²) in [6, 6.07) is 17.4. The zero-order chi connectivity index (χ0) is 21.5. The van der Waals surface area contributed by atoms with E-state index in [1.54, 1.807) is 17.2 Å². The molecule has 5 rings (SSSR count). The third kappa shape index (κ3) is 3.02. The van der Waals surface area contributed by atoms with Gasteiger partial charge in [0.25, 0.3) is 5.91 Å². The Kier molecular flexibility index (Phi) is 4.26. The second-order valence-corrected chi connectivity index (χ2v) is 7.48. The average molecular weight is 406 g/mol. The second kappa shape index (κ2) is 7.11. The van der Waals surface area contributed by atoms with Crippen LogP contribution in [0.15, 0.2) is 66.9 Å². The van der Waals surface area contributed by atoms with Crippen LogP contribution in [0.4, 0.5) is 5.69 Å². The Morgan fingerprint density at radius 3 is 2.90 bits per heavy atom. The molecule has 31 heavy (non-hydrogen) atoms. The molecule has 2 aromatic heterocycles. The van der Waals surface area contributed by atoms with Crippen LogP contribution in [0.5, 0.6) is 0 Å². The Labute approximate surface area is 178 Å². The number of nitrogens with one attached hydrogen (secondary N) is 1. The Bertz CT molecular complexity index is 1400. The van der Waals surface area contributed by atoms with Gasteiger partial charge in [0.05, 0.1) is 29.4 Å². The lowest BCUT2D eigenvalue weighted by Crippen LogP contribution is -2.26. The Morgan fingerprint density at radius 2 is 2.13 bits per heavy atom. The molecule has 1 aliphatic rings. The quantitative estimate of drug-likeness (QED) is 0.394. The van der Waals surface area contributed by atoms with Crippen LogP contribution in [-0.4, -0.2) is 32.5 Å².